The molecule has 1 saturated heterocycles. The predicted molar refractivity (Wildman–Crippen MR) is 123 cm³/mol. The van der Waals surface area contributed by atoms with E-state index in [4.69, 9.17) is 9.47 Å². The smallest absolute Gasteiger partial charge is 0.250 e. The Bertz CT molecular complexity index is 1230. The first-order valence-corrected chi connectivity index (χ1v) is 11.2. The maximum atomic E-state index is 13.9. The summed E-state index contributed by atoms with van der Waals surface area (Å²) in [5, 5.41) is 0. The van der Waals surface area contributed by atoms with Gasteiger partial charge in [-0.3, -0.25) is 4.79 Å². The summed E-state index contributed by atoms with van der Waals surface area (Å²) in [5.41, 5.74) is 4.20. The van der Waals surface area contributed by atoms with Crippen molar-refractivity contribution in [1.82, 2.24) is 14.5 Å². The molecule has 0 aliphatic carbocycles. The van der Waals surface area contributed by atoms with Gasteiger partial charge in [-0.2, -0.15) is 0 Å². The van der Waals surface area contributed by atoms with Crippen LogP contribution in [0.2, 0.25) is 0 Å². The van der Waals surface area contributed by atoms with Crippen LogP contribution in [0.25, 0.3) is 11.8 Å². The molecule has 3 heterocycles. The molecular formula is C26H26FN3O3. The zero-order valence-electron chi connectivity index (χ0n) is 18.8. The largest absolute Gasteiger partial charge is 0.495 e. The van der Waals surface area contributed by atoms with Crippen molar-refractivity contribution >= 4 is 12.0 Å². The van der Waals surface area contributed by atoms with Crippen LogP contribution in [-0.2, 0) is 4.79 Å². The Balaban J connectivity index is 1.43. The molecule has 170 valence electrons. The van der Waals surface area contributed by atoms with Crippen LogP contribution in [0.1, 0.15) is 42.1 Å². The third-order valence-corrected chi connectivity index (χ3v) is 6.27. The van der Waals surface area contributed by atoms with E-state index in [0.29, 0.717) is 37.5 Å². The molecule has 0 N–H and O–H groups in total. The van der Waals surface area contributed by atoms with Crippen molar-refractivity contribution in [1.29, 1.82) is 0 Å². The van der Waals surface area contributed by atoms with E-state index >= 15 is 0 Å². The second-order valence-electron chi connectivity index (χ2n) is 8.46. The average Bonchev–Trinajstić information content (AvgIpc) is 3.26. The van der Waals surface area contributed by atoms with Crippen LogP contribution in [0.15, 0.2) is 54.5 Å². The highest BCUT2D eigenvalue weighted by Gasteiger charge is 2.34. The summed E-state index contributed by atoms with van der Waals surface area (Å²) in [5.74, 6) is 1.05. The van der Waals surface area contributed by atoms with Gasteiger partial charge in [-0.25, -0.2) is 9.37 Å². The van der Waals surface area contributed by atoms with Crippen LogP contribution < -0.4 is 9.47 Å². The van der Waals surface area contributed by atoms with E-state index < -0.39 is 0 Å². The molecule has 1 amide bonds. The van der Waals surface area contributed by atoms with Gasteiger partial charge in [-0.1, -0.05) is 6.07 Å². The van der Waals surface area contributed by atoms with Gasteiger partial charge >= 0.3 is 0 Å². The molecular weight excluding hydrogens is 421 g/mol. The minimum atomic E-state index is -0.315. The molecule has 2 aliphatic rings. The van der Waals surface area contributed by atoms with Crippen LogP contribution in [0.5, 0.6) is 11.5 Å². The molecule has 3 aromatic rings. The standard InChI is InChI=1S/C26H26FN3O3/c1-17-15-29(16-28-17)23-7-5-18(13-25(23)32-2)12-19-4-3-10-30(26(19)31)22-9-11-33-24-8-6-20(27)14-21(22)24/h5-8,12-16,22H,3-4,9-11H2,1-2H3/t22-/m0/s1. The number of rotatable bonds is 4. The normalized spacial score (nSPS) is 19.4. The highest BCUT2D eigenvalue weighted by atomic mass is 19.1. The van der Waals surface area contributed by atoms with Crippen molar-refractivity contribution in [3.05, 3.63) is 77.1 Å². The van der Waals surface area contributed by atoms with Gasteiger partial charge < -0.3 is 18.9 Å². The lowest BCUT2D eigenvalue weighted by Gasteiger charge is -2.38. The number of hydrogen-bond donors (Lipinski definition) is 0. The van der Waals surface area contributed by atoms with Crippen LogP contribution in [-0.4, -0.2) is 40.6 Å². The lowest BCUT2D eigenvalue weighted by molar-refractivity contribution is -0.131. The molecule has 0 bridgehead atoms. The number of likely N-dealkylation sites (tertiary alicyclic amines) is 1. The molecule has 2 aromatic carbocycles. The first kappa shape index (κ1) is 21.2. The highest BCUT2D eigenvalue weighted by Crippen LogP contribution is 2.39. The molecule has 33 heavy (non-hydrogen) atoms. The number of fused-ring (bicyclic) bond motifs is 1. The number of imidazole rings is 1. The third kappa shape index (κ3) is 4.11. The third-order valence-electron chi connectivity index (χ3n) is 6.27. The van der Waals surface area contributed by atoms with Gasteiger partial charge in [0.15, 0.2) is 0 Å². The number of piperidine rings is 1. The summed E-state index contributed by atoms with van der Waals surface area (Å²) < 4.78 is 27.2. The summed E-state index contributed by atoms with van der Waals surface area (Å²) in [4.78, 5) is 19.6. The molecule has 0 saturated carbocycles. The van der Waals surface area contributed by atoms with Crippen molar-refractivity contribution in [3.63, 3.8) is 0 Å². The van der Waals surface area contributed by atoms with Crippen LogP contribution in [0.4, 0.5) is 4.39 Å². The van der Waals surface area contributed by atoms with Crippen molar-refractivity contribution in [3.8, 4) is 17.2 Å². The van der Waals surface area contributed by atoms with Gasteiger partial charge in [0.2, 0.25) is 5.91 Å². The second-order valence-corrected chi connectivity index (χ2v) is 8.46. The molecule has 6 nitrogen and oxygen atoms in total. The summed E-state index contributed by atoms with van der Waals surface area (Å²) >= 11 is 0. The van der Waals surface area contributed by atoms with Gasteiger partial charge in [0.25, 0.3) is 0 Å². The topological polar surface area (TPSA) is 56.6 Å². The number of aryl methyl sites for hydroxylation is 1. The van der Waals surface area contributed by atoms with E-state index in [1.165, 1.54) is 12.1 Å². The molecule has 1 aromatic heterocycles. The number of carbonyl (C=O) groups is 1. The maximum Gasteiger partial charge on any atom is 0.250 e. The second kappa shape index (κ2) is 8.73. The fourth-order valence-electron chi connectivity index (χ4n) is 4.69. The minimum Gasteiger partial charge on any atom is -0.495 e. The number of benzene rings is 2. The van der Waals surface area contributed by atoms with Crippen molar-refractivity contribution in [2.24, 2.45) is 0 Å². The Morgan fingerprint density at radius 3 is 2.91 bits per heavy atom. The van der Waals surface area contributed by atoms with Crippen LogP contribution >= 0.6 is 0 Å². The molecule has 1 atom stereocenters. The lowest BCUT2D eigenvalue weighted by atomic mass is 9.93. The SMILES string of the molecule is COc1cc(C=C2CCCN([C@H]3CCOc4ccc(F)cc43)C2=O)ccc1-n1cnc(C)c1. The Labute approximate surface area is 192 Å². The van der Waals surface area contributed by atoms with Gasteiger partial charge in [-0.05, 0) is 61.7 Å². The summed E-state index contributed by atoms with van der Waals surface area (Å²) in [6, 6.07) is 10.2. The quantitative estimate of drug-likeness (QED) is 0.536. The number of carbonyl (C=O) groups excluding carboxylic acids is 1. The van der Waals surface area contributed by atoms with E-state index in [1.54, 1.807) is 19.5 Å². The molecule has 0 radical (unpaired) electrons. The number of halogens is 1. The van der Waals surface area contributed by atoms with Gasteiger partial charge in [0.1, 0.15) is 17.3 Å². The molecule has 0 unspecified atom stereocenters. The van der Waals surface area contributed by atoms with Gasteiger partial charge in [0.05, 0.1) is 37.5 Å². The molecule has 5 rings (SSSR count). The molecule has 1 fully saturated rings. The number of amides is 1. The Hall–Kier alpha value is -3.61. The highest BCUT2D eigenvalue weighted by molar-refractivity contribution is 5.99. The maximum absolute atomic E-state index is 13.9. The number of hydrogen-bond acceptors (Lipinski definition) is 4. The van der Waals surface area contributed by atoms with E-state index in [-0.39, 0.29) is 17.8 Å². The zero-order chi connectivity index (χ0) is 22.9. The van der Waals surface area contributed by atoms with Crippen LogP contribution in [0.3, 0.4) is 0 Å². The minimum absolute atomic E-state index is 0.00311. The Morgan fingerprint density at radius 2 is 2.12 bits per heavy atom. The number of aromatic nitrogens is 2. The number of nitrogens with zero attached hydrogens (tertiary/aromatic N) is 3. The molecule has 2 aliphatic heterocycles. The Kier molecular flexibility index (Phi) is 5.62. The average molecular weight is 448 g/mol. The van der Waals surface area contributed by atoms with Crippen LogP contribution in [0, 0.1) is 12.7 Å². The lowest BCUT2D eigenvalue weighted by Crippen LogP contribution is -2.41. The first-order valence-electron chi connectivity index (χ1n) is 11.2. The van der Waals surface area contributed by atoms with E-state index in [9.17, 15) is 9.18 Å². The number of methoxy groups -OCH3 is 1. The van der Waals surface area contributed by atoms with E-state index in [0.717, 1.165) is 34.5 Å². The van der Waals surface area contributed by atoms with E-state index in [2.05, 4.69) is 4.98 Å². The van der Waals surface area contributed by atoms with Gasteiger partial charge in [-0.15, -0.1) is 0 Å². The molecule has 7 heteroatoms. The molecule has 0 spiro atoms. The van der Waals surface area contributed by atoms with Crippen molar-refractivity contribution in [2.75, 3.05) is 20.3 Å². The monoisotopic (exact) mass is 447 g/mol. The van der Waals surface area contributed by atoms with E-state index in [1.807, 2.05) is 46.9 Å². The first-order chi connectivity index (χ1) is 16.0. The fourth-order valence-corrected chi connectivity index (χ4v) is 4.69. The fraction of sp³-hybridized carbons (Fsp3) is 0.308. The summed E-state index contributed by atoms with van der Waals surface area (Å²) in [7, 11) is 1.63. The summed E-state index contributed by atoms with van der Waals surface area (Å²) in [6.07, 6.45) is 7.85. The van der Waals surface area contributed by atoms with Crippen molar-refractivity contribution in [2.45, 2.75) is 32.2 Å². The summed E-state index contributed by atoms with van der Waals surface area (Å²) in [6.45, 7) is 3.10. The van der Waals surface area contributed by atoms with Crippen molar-refractivity contribution < 1.29 is 18.7 Å². The number of ether oxygens (including phenoxy) is 2. The van der Waals surface area contributed by atoms with Gasteiger partial charge in [0, 0.05) is 30.3 Å². The Morgan fingerprint density at radius 1 is 1.24 bits per heavy atom. The zero-order valence-corrected chi connectivity index (χ0v) is 18.8. The predicted octanol–water partition coefficient (Wildman–Crippen LogP) is 4.86.